The quantitative estimate of drug-likeness (QED) is 0.243. The molecule has 2 nitrogen and oxygen atoms in total. The molecule has 1 aromatic carbocycles. The zero-order valence-electron chi connectivity index (χ0n) is 21.7. The predicted octanol–water partition coefficient (Wildman–Crippen LogP) is 0.654. The number of hydrogen-bond acceptors (Lipinski definition) is 0. The van der Waals surface area contributed by atoms with Crippen LogP contribution >= 0.6 is 0 Å². The first kappa shape index (κ1) is 32.9. The first-order chi connectivity index (χ1) is 13.6. The van der Waals surface area contributed by atoms with Gasteiger partial charge < -0.3 is 33.8 Å². The molecule has 0 radical (unpaired) electrons. The summed E-state index contributed by atoms with van der Waals surface area (Å²) in [6.07, 6.45) is 15.4. The van der Waals surface area contributed by atoms with Gasteiger partial charge in [-0.1, -0.05) is 89.0 Å². The number of benzene rings is 1. The normalized spacial score (nSPS) is 11.9. The molecule has 4 heteroatoms. The molecule has 0 saturated heterocycles. The van der Waals surface area contributed by atoms with Gasteiger partial charge in [0.1, 0.15) is 0 Å². The Bertz CT molecular complexity index is 514. The van der Waals surface area contributed by atoms with Gasteiger partial charge in [0.05, 0.1) is 61.3 Å². The van der Waals surface area contributed by atoms with E-state index in [1.54, 1.807) is 0 Å². The van der Waals surface area contributed by atoms with Crippen LogP contribution in [-0.2, 0) is 6.42 Å². The maximum atomic E-state index is 2.40. The molecule has 1 aromatic rings. The van der Waals surface area contributed by atoms with Crippen molar-refractivity contribution in [1.29, 1.82) is 0 Å². The molecule has 0 bridgehead atoms. The summed E-state index contributed by atoms with van der Waals surface area (Å²) in [4.78, 5) is 0. The van der Waals surface area contributed by atoms with Crippen LogP contribution in [0.2, 0.25) is 0 Å². The maximum Gasteiger partial charge on any atom is 0.0905 e. The van der Waals surface area contributed by atoms with Crippen molar-refractivity contribution in [2.75, 3.05) is 55.4 Å². The smallest absolute Gasteiger partial charge is 0.0905 e. The molecule has 0 fully saturated rings. The SMILES string of the molecule is CCCCCCCCCCCCc1ccc(C(C[N+](C)(C)C)C[N+](C)(C)C)cc1.[Cl-].[Cl-]. The number of hydrogen-bond donors (Lipinski definition) is 0. The molecule has 0 amide bonds. The number of aryl methyl sites for hydroxylation is 1. The minimum absolute atomic E-state index is 0. The Morgan fingerprint density at radius 2 is 0.968 bits per heavy atom. The summed E-state index contributed by atoms with van der Waals surface area (Å²) in [5, 5.41) is 0. The van der Waals surface area contributed by atoms with Crippen molar-refractivity contribution >= 4 is 0 Å². The first-order valence-electron chi connectivity index (χ1n) is 12.3. The van der Waals surface area contributed by atoms with E-state index >= 15 is 0 Å². The fourth-order valence-electron chi connectivity index (χ4n) is 4.36. The zero-order chi connectivity index (χ0) is 21.8. The summed E-state index contributed by atoms with van der Waals surface area (Å²) >= 11 is 0. The highest BCUT2D eigenvalue weighted by Gasteiger charge is 2.25. The molecule has 31 heavy (non-hydrogen) atoms. The molecule has 0 aromatic heterocycles. The lowest BCUT2D eigenvalue weighted by molar-refractivity contribution is -0.892. The molecule has 184 valence electrons. The topological polar surface area (TPSA) is 0 Å². The molecule has 1 rings (SSSR count). The molecule has 0 aliphatic rings. The fraction of sp³-hybridized carbons (Fsp3) is 0.778. The molecule has 0 spiro atoms. The lowest BCUT2D eigenvalue weighted by atomic mass is 9.94. The minimum Gasteiger partial charge on any atom is -1.00 e. The first-order valence-corrected chi connectivity index (χ1v) is 12.3. The second kappa shape index (κ2) is 17.2. The van der Waals surface area contributed by atoms with Crippen LogP contribution < -0.4 is 24.8 Å². The highest BCUT2D eigenvalue weighted by atomic mass is 35.5. The molecule has 0 unspecified atom stereocenters. The van der Waals surface area contributed by atoms with Gasteiger partial charge in [-0.2, -0.15) is 0 Å². The lowest BCUT2D eigenvalue weighted by Crippen LogP contribution is -3.00. The molecule has 0 aliphatic heterocycles. The average Bonchev–Trinajstić information content (AvgIpc) is 2.61. The van der Waals surface area contributed by atoms with Crippen LogP contribution in [0.1, 0.15) is 88.2 Å². The number of quaternary nitrogens is 2. The van der Waals surface area contributed by atoms with E-state index in [9.17, 15) is 0 Å². The van der Waals surface area contributed by atoms with Gasteiger partial charge >= 0.3 is 0 Å². The Hall–Kier alpha value is -0.280. The monoisotopic (exact) mass is 474 g/mol. The van der Waals surface area contributed by atoms with E-state index in [2.05, 4.69) is 73.5 Å². The summed E-state index contributed by atoms with van der Waals surface area (Å²) in [7, 11) is 13.8. The highest BCUT2D eigenvalue weighted by Crippen LogP contribution is 2.22. The van der Waals surface area contributed by atoms with Crippen LogP contribution in [0.25, 0.3) is 0 Å². The molecular weight excluding hydrogens is 423 g/mol. The largest absolute Gasteiger partial charge is 1.00 e. The van der Waals surface area contributed by atoms with Crippen molar-refractivity contribution in [1.82, 2.24) is 0 Å². The van der Waals surface area contributed by atoms with E-state index < -0.39 is 0 Å². The second-order valence-corrected chi connectivity index (χ2v) is 11.3. The van der Waals surface area contributed by atoms with E-state index in [-0.39, 0.29) is 24.8 Å². The Morgan fingerprint density at radius 3 is 1.35 bits per heavy atom. The van der Waals surface area contributed by atoms with Crippen molar-refractivity contribution < 1.29 is 33.8 Å². The fourth-order valence-corrected chi connectivity index (χ4v) is 4.36. The van der Waals surface area contributed by atoms with Gasteiger partial charge in [0.25, 0.3) is 0 Å². The van der Waals surface area contributed by atoms with Crippen LogP contribution in [0.4, 0.5) is 0 Å². The van der Waals surface area contributed by atoms with E-state index in [0.29, 0.717) is 5.92 Å². The van der Waals surface area contributed by atoms with E-state index in [1.165, 1.54) is 94.8 Å². The summed E-state index contributed by atoms with van der Waals surface area (Å²) in [6.45, 7) is 4.67. The Labute approximate surface area is 207 Å². The Kier molecular flexibility index (Phi) is 18.3. The predicted molar refractivity (Wildman–Crippen MR) is 131 cm³/mol. The average molecular weight is 476 g/mol. The summed E-state index contributed by atoms with van der Waals surface area (Å²) in [6, 6.07) is 9.59. The molecule has 0 N–H and O–H groups in total. The summed E-state index contributed by atoms with van der Waals surface area (Å²) < 4.78 is 2.04. The number of nitrogens with zero attached hydrogens (tertiary/aromatic N) is 2. The second-order valence-electron chi connectivity index (χ2n) is 11.3. The van der Waals surface area contributed by atoms with Crippen LogP contribution in [0.5, 0.6) is 0 Å². The number of halogens is 2. The van der Waals surface area contributed by atoms with Crippen LogP contribution in [0.3, 0.4) is 0 Å². The van der Waals surface area contributed by atoms with E-state index in [4.69, 9.17) is 0 Å². The molecule has 0 aliphatic carbocycles. The summed E-state index contributed by atoms with van der Waals surface area (Å²) in [5.41, 5.74) is 3.03. The van der Waals surface area contributed by atoms with Gasteiger partial charge in [-0.05, 0) is 24.0 Å². The van der Waals surface area contributed by atoms with Crippen molar-refractivity contribution in [2.24, 2.45) is 0 Å². The number of rotatable bonds is 16. The van der Waals surface area contributed by atoms with Crippen LogP contribution in [0, 0.1) is 0 Å². The Morgan fingerprint density at radius 1 is 0.581 bits per heavy atom. The third kappa shape index (κ3) is 17.9. The molecule has 0 heterocycles. The zero-order valence-corrected chi connectivity index (χ0v) is 23.2. The number of unbranched alkanes of at least 4 members (excludes halogenated alkanes) is 9. The van der Waals surface area contributed by atoms with Gasteiger partial charge in [0.2, 0.25) is 0 Å². The van der Waals surface area contributed by atoms with Crippen molar-refractivity contribution in [2.45, 2.75) is 83.5 Å². The van der Waals surface area contributed by atoms with Crippen molar-refractivity contribution in [3.63, 3.8) is 0 Å². The highest BCUT2D eigenvalue weighted by molar-refractivity contribution is 5.25. The van der Waals surface area contributed by atoms with Gasteiger partial charge in [0, 0.05) is 0 Å². The number of likely N-dealkylation sites (N-methyl/N-ethyl adjacent to an activating group) is 2. The Balaban J connectivity index is 0. The van der Waals surface area contributed by atoms with E-state index in [0.717, 1.165) is 8.97 Å². The van der Waals surface area contributed by atoms with Crippen LogP contribution in [0.15, 0.2) is 24.3 Å². The molecule has 0 saturated carbocycles. The van der Waals surface area contributed by atoms with Gasteiger partial charge in [-0.3, -0.25) is 0 Å². The van der Waals surface area contributed by atoms with Crippen molar-refractivity contribution in [3.05, 3.63) is 35.4 Å². The molecule has 0 atom stereocenters. The third-order valence-electron chi connectivity index (χ3n) is 5.81. The van der Waals surface area contributed by atoms with Crippen molar-refractivity contribution in [3.8, 4) is 0 Å². The summed E-state index contributed by atoms with van der Waals surface area (Å²) in [5.74, 6) is 0.612. The maximum absolute atomic E-state index is 2.40. The minimum atomic E-state index is 0. The standard InChI is InChI=1S/C27H52N2.2ClH/c1-8-9-10-11-12-13-14-15-16-17-18-25-19-21-26(22-20-25)27(23-28(2,3)4)24-29(5,6)7;;/h19-22,27H,8-18,23-24H2,1-7H3;2*1H/q+2;;/p-2. The van der Waals surface area contributed by atoms with Gasteiger partial charge in [-0.25, -0.2) is 0 Å². The van der Waals surface area contributed by atoms with Crippen LogP contribution in [-0.4, -0.2) is 64.3 Å². The lowest BCUT2D eigenvalue weighted by Gasteiger charge is -2.34. The molecular formula is C27H52Cl2N2. The van der Waals surface area contributed by atoms with Gasteiger partial charge in [-0.15, -0.1) is 0 Å². The van der Waals surface area contributed by atoms with E-state index in [1.807, 2.05) is 0 Å². The van der Waals surface area contributed by atoms with Gasteiger partial charge in [0.15, 0.2) is 0 Å². The third-order valence-corrected chi connectivity index (χ3v) is 5.81.